The minimum atomic E-state index is -0.673. The van der Waals surface area contributed by atoms with Gasteiger partial charge in [-0.25, -0.2) is 4.79 Å². The Kier molecular flexibility index (Phi) is 6.72. The molecule has 0 radical (unpaired) electrons. The second-order valence-electron chi connectivity index (χ2n) is 6.59. The first-order valence-corrected chi connectivity index (χ1v) is 8.57. The number of H-pyrrole nitrogens is 1. The summed E-state index contributed by atoms with van der Waals surface area (Å²) in [7, 11) is 0. The summed E-state index contributed by atoms with van der Waals surface area (Å²) < 4.78 is 5.03. The van der Waals surface area contributed by atoms with Crippen LogP contribution in [0.1, 0.15) is 59.6 Å². The van der Waals surface area contributed by atoms with E-state index in [9.17, 15) is 14.4 Å². The lowest BCUT2D eigenvalue weighted by molar-refractivity contribution is -0.125. The molecule has 0 aliphatic carbocycles. The van der Waals surface area contributed by atoms with Gasteiger partial charge in [0.25, 0.3) is 5.91 Å². The second kappa shape index (κ2) is 8.99. The lowest BCUT2D eigenvalue weighted by Gasteiger charge is -2.21. The minimum absolute atomic E-state index is 0.141. The highest BCUT2D eigenvalue weighted by Gasteiger charge is 2.18. The third kappa shape index (κ3) is 5.58. The molecule has 6 heteroatoms. The Morgan fingerprint density at radius 1 is 1.15 bits per heavy atom. The number of aromatic amines is 1. The molecule has 2 N–H and O–H groups in total. The van der Waals surface area contributed by atoms with Crippen molar-refractivity contribution in [2.75, 3.05) is 6.61 Å². The monoisotopic (exact) mass is 356 g/mol. The van der Waals surface area contributed by atoms with Crippen LogP contribution >= 0.6 is 0 Å². The van der Waals surface area contributed by atoms with Crippen LogP contribution in [0.15, 0.2) is 42.6 Å². The molecule has 1 heterocycles. The maximum atomic E-state index is 12.2. The zero-order valence-corrected chi connectivity index (χ0v) is 15.2. The van der Waals surface area contributed by atoms with Gasteiger partial charge in [0.2, 0.25) is 0 Å². The molecule has 1 aromatic heterocycles. The molecule has 6 nitrogen and oxygen atoms in total. The highest BCUT2D eigenvalue weighted by molar-refractivity contribution is 5.97. The van der Waals surface area contributed by atoms with Crippen molar-refractivity contribution in [3.8, 4) is 0 Å². The predicted molar refractivity (Wildman–Crippen MR) is 97.9 cm³/mol. The van der Waals surface area contributed by atoms with Crippen molar-refractivity contribution < 1.29 is 19.1 Å². The molecule has 2 rings (SSSR count). The van der Waals surface area contributed by atoms with E-state index in [4.69, 9.17) is 4.74 Å². The second-order valence-corrected chi connectivity index (χ2v) is 6.59. The predicted octanol–water partition coefficient (Wildman–Crippen LogP) is 3.28. The number of nitrogens with one attached hydrogen (secondary N) is 2. The zero-order valence-electron chi connectivity index (χ0n) is 15.2. The summed E-state index contributed by atoms with van der Waals surface area (Å²) in [5.41, 5.74) is 1.55. The molecule has 138 valence electrons. The van der Waals surface area contributed by atoms with Gasteiger partial charge in [0.15, 0.2) is 12.4 Å². The molecule has 1 aromatic carbocycles. The van der Waals surface area contributed by atoms with E-state index in [0.29, 0.717) is 11.5 Å². The average molecular weight is 356 g/mol. The molecule has 0 spiro atoms. The Morgan fingerprint density at radius 2 is 1.85 bits per heavy atom. The van der Waals surface area contributed by atoms with E-state index >= 15 is 0 Å². The SMILES string of the molecule is CC(=O)c1c[nH]c(C(=O)OCC(=O)N[C@@H](CC(C)C)c2ccccc2)c1. The summed E-state index contributed by atoms with van der Waals surface area (Å²) in [4.78, 5) is 38.1. The number of ketones is 1. The number of rotatable bonds is 8. The summed E-state index contributed by atoms with van der Waals surface area (Å²) in [5.74, 6) is -0.802. The summed E-state index contributed by atoms with van der Waals surface area (Å²) >= 11 is 0. The molecular formula is C20H24N2O4. The standard InChI is InChI=1S/C20H24N2O4/c1-13(2)9-17(15-7-5-4-6-8-15)22-19(24)12-26-20(25)18-10-16(11-21-18)14(3)23/h4-8,10-11,13,17,21H,9,12H2,1-3H3,(H,22,24)/t17-/m0/s1. The Morgan fingerprint density at radius 3 is 2.42 bits per heavy atom. The molecule has 0 aliphatic rings. The number of amides is 1. The number of hydrogen-bond acceptors (Lipinski definition) is 4. The van der Waals surface area contributed by atoms with Crippen LogP contribution < -0.4 is 5.32 Å². The van der Waals surface area contributed by atoms with Crippen LogP contribution in [0.25, 0.3) is 0 Å². The minimum Gasteiger partial charge on any atom is -0.451 e. The first kappa shape index (κ1) is 19.4. The molecule has 0 aliphatic heterocycles. The van der Waals surface area contributed by atoms with Gasteiger partial charge in [0.05, 0.1) is 6.04 Å². The number of aromatic nitrogens is 1. The topological polar surface area (TPSA) is 88.3 Å². The third-order valence-electron chi connectivity index (χ3n) is 3.89. The van der Waals surface area contributed by atoms with E-state index in [1.807, 2.05) is 30.3 Å². The zero-order chi connectivity index (χ0) is 19.1. The number of Topliss-reactive ketones (excluding diaryl/α,β-unsaturated/α-hetero) is 1. The molecule has 0 saturated heterocycles. The van der Waals surface area contributed by atoms with Gasteiger partial charge in [-0.3, -0.25) is 9.59 Å². The van der Waals surface area contributed by atoms with Crippen molar-refractivity contribution in [3.63, 3.8) is 0 Å². The molecular weight excluding hydrogens is 332 g/mol. The van der Waals surface area contributed by atoms with E-state index in [1.165, 1.54) is 19.2 Å². The van der Waals surface area contributed by atoms with Gasteiger partial charge in [-0.05, 0) is 30.9 Å². The fourth-order valence-corrected chi connectivity index (χ4v) is 2.60. The maximum absolute atomic E-state index is 12.2. The Bertz CT molecular complexity index is 765. The number of carbonyl (C=O) groups excluding carboxylic acids is 3. The third-order valence-corrected chi connectivity index (χ3v) is 3.89. The van der Waals surface area contributed by atoms with Gasteiger partial charge in [0, 0.05) is 11.8 Å². The number of carbonyl (C=O) groups is 3. The maximum Gasteiger partial charge on any atom is 0.355 e. The summed E-state index contributed by atoms with van der Waals surface area (Å²) in [6.07, 6.45) is 2.22. The number of esters is 1. The number of ether oxygens (including phenoxy) is 1. The molecule has 2 aromatic rings. The van der Waals surface area contributed by atoms with E-state index in [1.54, 1.807) is 0 Å². The van der Waals surface area contributed by atoms with Gasteiger partial charge in [-0.2, -0.15) is 0 Å². The van der Waals surface area contributed by atoms with E-state index < -0.39 is 5.97 Å². The van der Waals surface area contributed by atoms with Crippen molar-refractivity contribution in [1.82, 2.24) is 10.3 Å². The van der Waals surface area contributed by atoms with E-state index in [0.717, 1.165) is 12.0 Å². The molecule has 0 unspecified atom stereocenters. The Balaban J connectivity index is 1.93. The van der Waals surface area contributed by atoms with Crippen LogP contribution in [0.4, 0.5) is 0 Å². The Labute approximate surface area is 152 Å². The fraction of sp³-hybridized carbons (Fsp3) is 0.350. The smallest absolute Gasteiger partial charge is 0.355 e. The molecule has 0 bridgehead atoms. The molecule has 1 amide bonds. The first-order valence-electron chi connectivity index (χ1n) is 8.57. The van der Waals surface area contributed by atoms with Crippen LogP contribution in [0.5, 0.6) is 0 Å². The van der Waals surface area contributed by atoms with Crippen molar-refractivity contribution in [1.29, 1.82) is 0 Å². The van der Waals surface area contributed by atoms with Crippen molar-refractivity contribution in [2.45, 2.75) is 33.2 Å². The van der Waals surface area contributed by atoms with Crippen molar-refractivity contribution in [3.05, 3.63) is 59.4 Å². The first-order chi connectivity index (χ1) is 12.4. The van der Waals surface area contributed by atoms with E-state index in [-0.39, 0.29) is 30.0 Å². The van der Waals surface area contributed by atoms with Gasteiger partial charge in [-0.15, -0.1) is 0 Å². The normalized spacial score (nSPS) is 11.8. The van der Waals surface area contributed by atoms with Crippen LogP contribution in [0.2, 0.25) is 0 Å². The molecule has 26 heavy (non-hydrogen) atoms. The highest BCUT2D eigenvalue weighted by atomic mass is 16.5. The van der Waals surface area contributed by atoms with E-state index in [2.05, 4.69) is 24.1 Å². The summed E-state index contributed by atoms with van der Waals surface area (Å²) in [5, 5.41) is 2.91. The van der Waals surface area contributed by atoms with Crippen LogP contribution in [0, 0.1) is 5.92 Å². The van der Waals surface area contributed by atoms with Crippen molar-refractivity contribution >= 4 is 17.7 Å². The lowest BCUT2D eigenvalue weighted by Crippen LogP contribution is -2.33. The van der Waals surface area contributed by atoms with Gasteiger partial charge in [0.1, 0.15) is 5.69 Å². The fourth-order valence-electron chi connectivity index (χ4n) is 2.60. The number of benzene rings is 1. The largest absolute Gasteiger partial charge is 0.451 e. The Hall–Kier alpha value is -2.89. The van der Waals surface area contributed by atoms with Crippen molar-refractivity contribution in [2.24, 2.45) is 5.92 Å². The summed E-state index contributed by atoms with van der Waals surface area (Å²) in [6, 6.07) is 11.0. The quantitative estimate of drug-likeness (QED) is 0.561. The van der Waals surface area contributed by atoms with Crippen LogP contribution in [-0.4, -0.2) is 29.3 Å². The van der Waals surface area contributed by atoms with Gasteiger partial charge in [-0.1, -0.05) is 44.2 Å². The van der Waals surface area contributed by atoms with Crippen LogP contribution in [0.3, 0.4) is 0 Å². The summed E-state index contributed by atoms with van der Waals surface area (Å²) in [6.45, 7) is 5.19. The number of hydrogen-bond donors (Lipinski definition) is 2. The molecule has 0 saturated carbocycles. The van der Waals surface area contributed by atoms with Gasteiger partial charge < -0.3 is 15.0 Å². The van der Waals surface area contributed by atoms with Gasteiger partial charge >= 0.3 is 5.97 Å². The molecule has 0 fully saturated rings. The van der Waals surface area contributed by atoms with Crippen LogP contribution in [-0.2, 0) is 9.53 Å². The highest BCUT2D eigenvalue weighted by Crippen LogP contribution is 2.21. The average Bonchev–Trinajstić information content (AvgIpc) is 3.10. The lowest BCUT2D eigenvalue weighted by atomic mass is 9.97. The molecule has 1 atom stereocenters.